The van der Waals surface area contributed by atoms with Gasteiger partial charge in [0, 0.05) is 6.54 Å². The van der Waals surface area contributed by atoms with Crippen molar-refractivity contribution in [1.82, 2.24) is 4.98 Å². The highest BCUT2D eigenvalue weighted by Gasteiger charge is 2.15. The average molecular weight is 214 g/mol. The van der Waals surface area contributed by atoms with E-state index in [1.165, 1.54) is 11.3 Å². The largest absolute Gasteiger partial charge is 0.476 e. The molecule has 0 fully saturated rings. The maximum absolute atomic E-state index is 10.8. The van der Waals surface area contributed by atoms with Crippen molar-refractivity contribution in [2.45, 2.75) is 20.8 Å². The van der Waals surface area contributed by atoms with Crippen molar-refractivity contribution in [3.8, 4) is 0 Å². The Morgan fingerprint density at radius 2 is 2.29 bits per heavy atom. The van der Waals surface area contributed by atoms with Crippen LogP contribution in [0.5, 0.6) is 0 Å². The first-order valence-corrected chi connectivity index (χ1v) is 5.27. The number of hydrogen-bond donors (Lipinski definition) is 2. The average Bonchev–Trinajstić information content (AvgIpc) is 2.43. The van der Waals surface area contributed by atoms with Crippen LogP contribution in [-0.4, -0.2) is 22.6 Å². The topological polar surface area (TPSA) is 62.2 Å². The van der Waals surface area contributed by atoms with Crippen LogP contribution in [0.1, 0.15) is 29.3 Å². The molecule has 2 N–H and O–H groups in total. The molecule has 0 saturated carbocycles. The van der Waals surface area contributed by atoms with Crippen molar-refractivity contribution < 1.29 is 9.90 Å². The molecule has 0 spiro atoms. The summed E-state index contributed by atoms with van der Waals surface area (Å²) < 4.78 is 0. The minimum Gasteiger partial charge on any atom is -0.476 e. The number of nitrogens with zero attached hydrogens (tertiary/aromatic N) is 1. The molecule has 0 aliphatic heterocycles. The number of carboxylic acid groups (broad SMARTS) is 1. The Morgan fingerprint density at radius 3 is 2.79 bits per heavy atom. The molecule has 4 nitrogen and oxygen atoms in total. The monoisotopic (exact) mass is 214 g/mol. The van der Waals surface area contributed by atoms with Gasteiger partial charge in [-0.2, -0.15) is 0 Å². The molecule has 0 amide bonds. The Bertz CT molecular complexity index is 334. The molecule has 0 radical (unpaired) electrons. The van der Waals surface area contributed by atoms with Gasteiger partial charge in [0.1, 0.15) is 5.00 Å². The highest BCUT2D eigenvalue weighted by molar-refractivity contribution is 7.16. The number of anilines is 1. The number of thiazole rings is 1. The van der Waals surface area contributed by atoms with Gasteiger partial charge in [-0.1, -0.05) is 13.8 Å². The Morgan fingerprint density at radius 1 is 1.64 bits per heavy atom. The predicted molar refractivity (Wildman–Crippen MR) is 57.1 cm³/mol. The van der Waals surface area contributed by atoms with Gasteiger partial charge < -0.3 is 10.4 Å². The fraction of sp³-hybridized carbons (Fsp3) is 0.556. The summed E-state index contributed by atoms with van der Waals surface area (Å²) in [5.74, 6) is -0.486. The van der Waals surface area contributed by atoms with Gasteiger partial charge in [0.25, 0.3) is 0 Å². The molecule has 1 heterocycles. The van der Waals surface area contributed by atoms with Gasteiger partial charge in [-0.15, -0.1) is 11.3 Å². The van der Waals surface area contributed by atoms with E-state index in [1.807, 2.05) is 0 Å². The first-order valence-electron chi connectivity index (χ1n) is 4.45. The molecule has 0 aromatic carbocycles. The zero-order chi connectivity index (χ0) is 10.7. The quantitative estimate of drug-likeness (QED) is 0.806. The van der Waals surface area contributed by atoms with Crippen LogP contribution in [0.15, 0.2) is 0 Å². The van der Waals surface area contributed by atoms with E-state index in [0.717, 1.165) is 11.6 Å². The lowest BCUT2D eigenvalue weighted by Crippen LogP contribution is -2.10. The SMILES string of the molecule is Cc1nc(C(=O)O)c(NCC(C)C)s1. The van der Waals surface area contributed by atoms with Crippen molar-refractivity contribution in [2.75, 3.05) is 11.9 Å². The smallest absolute Gasteiger partial charge is 0.357 e. The number of carboxylic acids is 1. The molecule has 1 rings (SSSR count). The molecule has 14 heavy (non-hydrogen) atoms. The van der Waals surface area contributed by atoms with E-state index < -0.39 is 5.97 Å². The zero-order valence-corrected chi connectivity index (χ0v) is 9.31. The Hall–Kier alpha value is -1.10. The number of nitrogens with one attached hydrogen (secondary N) is 1. The highest BCUT2D eigenvalue weighted by Crippen LogP contribution is 2.24. The highest BCUT2D eigenvalue weighted by atomic mass is 32.1. The minimum absolute atomic E-state index is 0.133. The summed E-state index contributed by atoms with van der Waals surface area (Å²) in [6.45, 7) is 6.71. The molecule has 78 valence electrons. The second kappa shape index (κ2) is 4.41. The minimum atomic E-state index is -0.972. The van der Waals surface area contributed by atoms with Gasteiger partial charge in [-0.3, -0.25) is 0 Å². The van der Waals surface area contributed by atoms with Gasteiger partial charge >= 0.3 is 5.97 Å². The van der Waals surface area contributed by atoms with Crippen molar-refractivity contribution in [2.24, 2.45) is 5.92 Å². The number of rotatable bonds is 4. The van der Waals surface area contributed by atoms with E-state index >= 15 is 0 Å². The summed E-state index contributed by atoms with van der Waals surface area (Å²) in [6, 6.07) is 0. The molecular weight excluding hydrogens is 200 g/mol. The van der Waals surface area contributed by atoms with E-state index in [9.17, 15) is 4.79 Å². The number of carbonyl (C=O) groups is 1. The number of aromatic nitrogens is 1. The van der Waals surface area contributed by atoms with Crippen LogP contribution in [0.25, 0.3) is 0 Å². The molecule has 0 saturated heterocycles. The molecule has 1 aromatic heterocycles. The van der Waals surface area contributed by atoms with Crippen LogP contribution < -0.4 is 5.32 Å². The van der Waals surface area contributed by atoms with Crippen LogP contribution in [0.3, 0.4) is 0 Å². The van der Waals surface area contributed by atoms with Crippen molar-refractivity contribution >= 4 is 22.3 Å². The van der Waals surface area contributed by atoms with E-state index in [4.69, 9.17) is 5.11 Å². The third kappa shape index (κ3) is 2.70. The first kappa shape index (κ1) is 11.0. The molecule has 0 bridgehead atoms. The van der Waals surface area contributed by atoms with E-state index in [2.05, 4.69) is 24.1 Å². The lowest BCUT2D eigenvalue weighted by atomic mass is 10.2. The molecule has 0 unspecified atom stereocenters. The van der Waals surface area contributed by atoms with E-state index in [0.29, 0.717) is 10.9 Å². The molecule has 0 atom stereocenters. The summed E-state index contributed by atoms with van der Waals surface area (Å²) >= 11 is 1.38. The van der Waals surface area contributed by atoms with Gasteiger partial charge in [0.05, 0.1) is 5.01 Å². The maximum Gasteiger partial charge on any atom is 0.357 e. The standard InChI is InChI=1S/C9H14N2O2S/c1-5(2)4-10-8-7(9(12)13)11-6(3)14-8/h5,10H,4H2,1-3H3,(H,12,13). The van der Waals surface area contributed by atoms with Gasteiger partial charge in [0.15, 0.2) is 5.69 Å². The Balaban J connectivity index is 2.79. The molecule has 0 aliphatic rings. The molecular formula is C9H14N2O2S. The summed E-state index contributed by atoms with van der Waals surface area (Å²) in [7, 11) is 0. The Kier molecular flexibility index (Phi) is 3.46. The Labute approximate surface area is 87.0 Å². The van der Waals surface area contributed by atoms with Crippen LogP contribution >= 0.6 is 11.3 Å². The van der Waals surface area contributed by atoms with E-state index in [1.54, 1.807) is 6.92 Å². The van der Waals surface area contributed by atoms with Crippen LogP contribution in [0.4, 0.5) is 5.00 Å². The number of aromatic carboxylic acids is 1. The third-order valence-corrected chi connectivity index (χ3v) is 2.54. The van der Waals surface area contributed by atoms with Crippen LogP contribution in [0.2, 0.25) is 0 Å². The molecule has 0 aliphatic carbocycles. The normalized spacial score (nSPS) is 10.6. The summed E-state index contributed by atoms with van der Waals surface area (Å²) in [5.41, 5.74) is 0.133. The lowest BCUT2D eigenvalue weighted by Gasteiger charge is -2.06. The van der Waals surface area contributed by atoms with Gasteiger partial charge in [0.2, 0.25) is 0 Å². The van der Waals surface area contributed by atoms with Gasteiger partial charge in [-0.05, 0) is 12.8 Å². The number of hydrogen-bond acceptors (Lipinski definition) is 4. The van der Waals surface area contributed by atoms with Crippen LogP contribution in [0, 0.1) is 12.8 Å². The second-order valence-electron chi connectivity index (χ2n) is 3.49. The van der Waals surface area contributed by atoms with Crippen molar-refractivity contribution in [1.29, 1.82) is 0 Å². The summed E-state index contributed by atoms with van der Waals surface area (Å²) in [5, 5.41) is 13.4. The van der Waals surface area contributed by atoms with Crippen molar-refractivity contribution in [3.63, 3.8) is 0 Å². The number of aryl methyl sites for hydroxylation is 1. The fourth-order valence-corrected chi connectivity index (χ4v) is 1.81. The predicted octanol–water partition coefficient (Wildman–Crippen LogP) is 2.22. The fourth-order valence-electron chi connectivity index (χ4n) is 0.989. The summed E-state index contributed by atoms with van der Waals surface area (Å²) in [6.07, 6.45) is 0. The van der Waals surface area contributed by atoms with E-state index in [-0.39, 0.29) is 5.69 Å². The lowest BCUT2D eigenvalue weighted by molar-refractivity contribution is 0.0692. The van der Waals surface area contributed by atoms with Gasteiger partial charge in [-0.25, -0.2) is 9.78 Å². The van der Waals surface area contributed by atoms with Crippen LogP contribution in [-0.2, 0) is 0 Å². The zero-order valence-electron chi connectivity index (χ0n) is 8.50. The molecule has 1 aromatic rings. The maximum atomic E-state index is 10.8. The third-order valence-electron chi connectivity index (χ3n) is 1.61. The summed E-state index contributed by atoms with van der Waals surface area (Å²) in [4.78, 5) is 14.7. The molecule has 5 heteroatoms. The van der Waals surface area contributed by atoms with Crippen molar-refractivity contribution in [3.05, 3.63) is 10.7 Å². The first-order chi connectivity index (χ1) is 6.50. The second-order valence-corrected chi connectivity index (χ2v) is 4.69.